The highest BCUT2D eigenvalue weighted by Gasteiger charge is 2.23. The van der Waals surface area contributed by atoms with Crippen LogP contribution in [0.25, 0.3) is 17.1 Å². The van der Waals surface area contributed by atoms with E-state index < -0.39 is 0 Å². The first-order valence-electron chi connectivity index (χ1n) is 7.77. The van der Waals surface area contributed by atoms with Crippen LogP contribution in [0, 0.1) is 5.82 Å². The van der Waals surface area contributed by atoms with Crippen molar-refractivity contribution in [3.05, 3.63) is 80.9 Å². The first kappa shape index (κ1) is 15.3. The van der Waals surface area contributed by atoms with Gasteiger partial charge in [-0.05, 0) is 70.6 Å². The summed E-state index contributed by atoms with van der Waals surface area (Å²) in [7, 11) is 0. The fourth-order valence-electron chi connectivity index (χ4n) is 2.81. The lowest BCUT2D eigenvalue weighted by Crippen LogP contribution is -2.20. The number of hydrogen-bond acceptors (Lipinski definition) is 2. The molecule has 0 spiro atoms. The van der Waals surface area contributed by atoms with Crippen LogP contribution in [0.3, 0.4) is 0 Å². The molecule has 1 aliphatic rings. The van der Waals surface area contributed by atoms with E-state index in [-0.39, 0.29) is 11.4 Å². The van der Waals surface area contributed by atoms with Gasteiger partial charge >= 0.3 is 0 Å². The van der Waals surface area contributed by atoms with Crippen molar-refractivity contribution in [2.75, 3.05) is 0 Å². The molecular weight excluding hydrogens is 371 g/mol. The van der Waals surface area contributed by atoms with Gasteiger partial charge < -0.3 is 0 Å². The van der Waals surface area contributed by atoms with Crippen LogP contribution in [0.2, 0.25) is 0 Å². The summed E-state index contributed by atoms with van der Waals surface area (Å²) in [6.07, 6.45) is 3.91. The van der Waals surface area contributed by atoms with E-state index in [9.17, 15) is 9.18 Å². The maximum atomic E-state index is 13.9. The monoisotopic (exact) mass is 384 g/mol. The molecular formula is C19H14BrFN2O. The Hall–Kier alpha value is -2.27. The van der Waals surface area contributed by atoms with Crippen LogP contribution in [0.15, 0.2) is 64.0 Å². The van der Waals surface area contributed by atoms with Crippen LogP contribution in [0.4, 0.5) is 4.39 Å². The number of halogens is 2. The molecule has 4 rings (SSSR count). The molecule has 1 saturated carbocycles. The van der Waals surface area contributed by atoms with E-state index in [2.05, 4.69) is 33.0 Å². The standard InChI is InChI=1S/C19H14BrFN2O/c20-16-8-5-14(11-17(16)21)19-22-10-9-18(24)23(19)15-6-3-13(4-7-15)12-1-2-12/h3-12H,1-2H2. The summed E-state index contributed by atoms with van der Waals surface area (Å²) in [5.41, 5.74) is 2.39. The van der Waals surface area contributed by atoms with Crippen molar-refractivity contribution in [3.63, 3.8) is 0 Å². The van der Waals surface area contributed by atoms with Crippen molar-refractivity contribution in [1.82, 2.24) is 9.55 Å². The van der Waals surface area contributed by atoms with Crippen LogP contribution >= 0.6 is 15.9 Å². The van der Waals surface area contributed by atoms with Crippen LogP contribution in [-0.2, 0) is 0 Å². The van der Waals surface area contributed by atoms with E-state index in [0.29, 0.717) is 21.8 Å². The molecule has 1 heterocycles. The topological polar surface area (TPSA) is 34.9 Å². The molecule has 1 aliphatic carbocycles. The van der Waals surface area contributed by atoms with E-state index in [1.54, 1.807) is 12.1 Å². The molecule has 0 radical (unpaired) electrons. The predicted molar refractivity (Wildman–Crippen MR) is 94.9 cm³/mol. The minimum Gasteiger partial charge on any atom is -0.269 e. The van der Waals surface area contributed by atoms with E-state index in [1.807, 2.05) is 12.1 Å². The normalized spacial score (nSPS) is 13.9. The molecule has 0 N–H and O–H groups in total. The molecule has 0 atom stereocenters. The van der Waals surface area contributed by atoms with Crippen LogP contribution in [0.5, 0.6) is 0 Å². The number of aromatic nitrogens is 2. The van der Waals surface area contributed by atoms with E-state index >= 15 is 0 Å². The van der Waals surface area contributed by atoms with Gasteiger partial charge in [-0.2, -0.15) is 0 Å². The average Bonchev–Trinajstić information content (AvgIpc) is 3.42. The minimum absolute atomic E-state index is 0.192. The minimum atomic E-state index is -0.388. The predicted octanol–water partition coefficient (Wildman–Crippen LogP) is 4.68. The third-order valence-electron chi connectivity index (χ3n) is 4.22. The van der Waals surface area contributed by atoms with Gasteiger partial charge in [-0.25, -0.2) is 9.37 Å². The highest BCUT2D eigenvalue weighted by molar-refractivity contribution is 9.10. The first-order valence-corrected chi connectivity index (χ1v) is 8.56. The summed E-state index contributed by atoms with van der Waals surface area (Å²) in [4.78, 5) is 16.7. The number of rotatable bonds is 3. The van der Waals surface area contributed by atoms with Crippen molar-refractivity contribution < 1.29 is 4.39 Å². The van der Waals surface area contributed by atoms with Crippen molar-refractivity contribution in [1.29, 1.82) is 0 Å². The number of hydrogen-bond donors (Lipinski definition) is 0. The van der Waals surface area contributed by atoms with Crippen LogP contribution < -0.4 is 5.56 Å². The molecule has 0 unspecified atom stereocenters. The summed E-state index contributed by atoms with van der Waals surface area (Å²) in [6.45, 7) is 0. The van der Waals surface area contributed by atoms with Gasteiger partial charge in [-0.3, -0.25) is 9.36 Å². The van der Waals surface area contributed by atoms with Gasteiger partial charge in [-0.15, -0.1) is 0 Å². The molecule has 0 bridgehead atoms. The molecule has 0 aliphatic heterocycles. The Morgan fingerprint density at radius 3 is 2.50 bits per heavy atom. The van der Waals surface area contributed by atoms with Crippen molar-refractivity contribution in [2.45, 2.75) is 18.8 Å². The zero-order valence-electron chi connectivity index (χ0n) is 12.7. The summed E-state index contributed by atoms with van der Waals surface area (Å²) >= 11 is 3.14. The fraction of sp³-hybridized carbons (Fsp3) is 0.158. The maximum absolute atomic E-state index is 13.9. The van der Waals surface area contributed by atoms with Gasteiger partial charge in [0, 0.05) is 17.8 Å². The van der Waals surface area contributed by atoms with Crippen LogP contribution in [-0.4, -0.2) is 9.55 Å². The van der Waals surface area contributed by atoms with Gasteiger partial charge in [-0.1, -0.05) is 12.1 Å². The third kappa shape index (κ3) is 2.80. The van der Waals surface area contributed by atoms with Crippen molar-refractivity contribution >= 4 is 15.9 Å². The smallest absolute Gasteiger partial charge is 0.258 e. The molecule has 3 aromatic rings. The second kappa shape index (κ2) is 5.98. The highest BCUT2D eigenvalue weighted by Crippen LogP contribution is 2.40. The SMILES string of the molecule is O=c1ccnc(-c2ccc(Br)c(F)c2)n1-c1ccc(C2CC2)cc1. The molecule has 5 heteroatoms. The summed E-state index contributed by atoms with van der Waals surface area (Å²) < 4.78 is 15.8. The molecule has 1 aromatic heterocycles. The molecule has 24 heavy (non-hydrogen) atoms. The van der Waals surface area contributed by atoms with Crippen LogP contribution in [0.1, 0.15) is 24.3 Å². The Balaban J connectivity index is 1.85. The average molecular weight is 385 g/mol. The van der Waals surface area contributed by atoms with Crippen molar-refractivity contribution in [2.24, 2.45) is 0 Å². The Morgan fingerprint density at radius 2 is 1.83 bits per heavy atom. The highest BCUT2D eigenvalue weighted by atomic mass is 79.9. The van der Waals surface area contributed by atoms with Gasteiger partial charge in [0.1, 0.15) is 11.6 Å². The maximum Gasteiger partial charge on any atom is 0.258 e. The van der Waals surface area contributed by atoms with Gasteiger partial charge in [0.15, 0.2) is 0 Å². The zero-order chi connectivity index (χ0) is 16.7. The van der Waals surface area contributed by atoms with E-state index in [0.717, 1.165) is 5.69 Å². The number of nitrogens with zero attached hydrogens (tertiary/aromatic N) is 2. The Bertz CT molecular complexity index is 962. The zero-order valence-corrected chi connectivity index (χ0v) is 14.3. The lowest BCUT2D eigenvalue weighted by Gasteiger charge is -2.12. The molecule has 2 aromatic carbocycles. The van der Waals surface area contributed by atoms with E-state index in [1.165, 1.54) is 41.3 Å². The van der Waals surface area contributed by atoms with Gasteiger partial charge in [0.05, 0.1) is 10.2 Å². The number of benzene rings is 2. The summed E-state index contributed by atoms with van der Waals surface area (Å²) in [5.74, 6) is 0.694. The lowest BCUT2D eigenvalue weighted by molar-refractivity contribution is 0.621. The molecule has 0 saturated heterocycles. The first-order chi connectivity index (χ1) is 11.6. The second-order valence-corrected chi connectivity index (χ2v) is 6.79. The van der Waals surface area contributed by atoms with Crippen molar-refractivity contribution in [3.8, 4) is 17.1 Å². The van der Waals surface area contributed by atoms with E-state index in [4.69, 9.17) is 0 Å². The largest absolute Gasteiger partial charge is 0.269 e. The van der Waals surface area contributed by atoms with Gasteiger partial charge in [0.2, 0.25) is 0 Å². The molecule has 0 amide bonds. The molecule has 120 valence electrons. The quantitative estimate of drug-likeness (QED) is 0.656. The lowest BCUT2D eigenvalue weighted by atomic mass is 10.1. The summed E-state index contributed by atoms with van der Waals surface area (Å²) in [5, 5.41) is 0. The Morgan fingerprint density at radius 1 is 1.08 bits per heavy atom. The Kier molecular flexibility index (Phi) is 3.81. The van der Waals surface area contributed by atoms with Gasteiger partial charge in [0.25, 0.3) is 5.56 Å². The second-order valence-electron chi connectivity index (χ2n) is 5.94. The molecule has 3 nitrogen and oxygen atoms in total. The Labute approximate surface area is 146 Å². The fourth-order valence-corrected chi connectivity index (χ4v) is 3.06. The third-order valence-corrected chi connectivity index (χ3v) is 4.87. The molecule has 1 fully saturated rings. The summed E-state index contributed by atoms with van der Waals surface area (Å²) in [6, 6.07) is 14.1.